The number of rotatable bonds is 20. The standard InChI is InChI=1S/C33H61NO2/c1-4-5-6-7-8-9-10-11-12-13-14-15-16-17-18-28-19-20-30-26-31(22-21-29(30)25-28)34-33(36)24-23-32(35)27(2)3/h27-31H,4-26H2,1-3H3,(H,34,36)/t28-,29-,30+,31+/m1/s1. The van der Waals surface area contributed by atoms with Crippen LogP contribution < -0.4 is 5.32 Å². The number of carbonyl (C=O) groups excluding carboxylic acids is 2. The third kappa shape index (κ3) is 13.6. The minimum absolute atomic E-state index is 0.0351. The molecule has 0 unspecified atom stereocenters. The first-order valence-corrected chi connectivity index (χ1v) is 16.3. The van der Waals surface area contributed by atoms with Crippen LogP contribution in [-0.4, -0.2) is 17.7 Å². The van der Waals surface area contributed by atoms with Gasteiger partial charge in [0.15, 0.2) is 0 Å². The third-order valence-electron chi connectivity index (χ3n) is 9.30. The van der Waals surface area contributed by atoms with E-state index in [4.69, 9.17) is 0 Å². The molecule has 36 heavy (non-hydrogen) atoms. The van der Waals surface area contributed by atoms with Crippen LogP contribution in [0.2, 0.25) is 0 Å². The van der Waals surface area contributed by atoms with E-state index in [1.165, 1.54) is 128 Å². The quantitative estimate of drug-likeness (QED) is 0.168. The number of Topliss-reactive ketones (excluding diaryl/α,β-unsaturated/α-hetero) is 1. The highest BCUT2D eigenvalue weighted by molar-refractivity contribution is 5.86. The monoisotopic (exact) mass is 503 g/mol. The summed E-state index contributed by atoms with van der Waals surface area (Å²) in [7, 11) is 0. The van der Waals surface area contributed by atoms with Crippen LogP contribution in [0.5, 0.6) is 0 Å². The second-order valence-corrected chi connectivity index (χ2v) is 12.8. The van der Waals surface area contributed by atoms with Crippen molar-refractivity contribution in [1.29, 1.82) is 0 Å². The Morgan fingerprint density at radius 3 is 1.78 bits per heavy atom. The van der Waals surface area contributed by atoms with Gasteiger partial charge in [0.1, 0.15) is 5.78 Å². The van der Waals surface area contributed by atoms with Gasteiger partial charge in [-0.15, -0.1) is 0 Å². The largest absolute Gasteiger partial charge is 0.353 e. The van der Waals surface area contributed by atoms with Gasteiger partial charge in [0.05, 0.1) is 0 Å². The fourth-order valence-corrected chi connectivity index (χ4v) is 6.83. The van der Waals surface area contributed by atoms with Crippen molar-refractivity contribution in [3.05, 3.63) is 0 Å². The van der Waals surface area contributed by atoms with E-state index >= 15 is 0 Å². The lowest BCUT2D eigenvalue weighted by Gasteiger charge is -2.42. The molecule has 0 saturated heterocycles. The Morgan fingerprint density at radius 2 is 1.19 bits per heavy atom. The molecular weight excluding hydrogens is 442 g/mol. The van der Waals surface area contributed by atoms with Crippen molar-refractivity contribution < 1.29 is 9.59 Å². The first-order valence-electron chi connectivity index (χ1n) is 16.3. The first-order chi connectivity index (χ1) is 17.5. The predicted molar refractivity (Wildman–Crippen MR) is 154 cm³/mol. The molecule has 0 aromatic rings. The van der Waals surface area contributed by atoms with E-state index in [9.17, 15) is 9.59 Å². The number of hydrogen-bond donors (Lipinski definition) is 1. The second-order valence-electron chi connectivity index (χ2n) is 12.8. The first kappa shape index (κ1) is 31.4. The SMILES string of the molecule is CCCCCCCCCCCCCCCC[C@@H]1CC[C@H]2C[C@@H](NC(=O)CCC(=O)C(C)C)CC[C@@H]2C1. The smallest absolute Gasteiger partial charge is 0.220 e. The average Bonchev–Trinajstić information content (AvgIpc) is 2.87. The molecule has 2 aliphatic carbocycles. The molecule has 210 valence electrons. The highest BCUT2D eigenvalue weighted by Crippen LogP contribution is 2.44. The molecule has 0 bridgehead atoms. The second kappa shape index (κ2) is 19.2. The van der Waals surface area contributed by atoms with Crippen LogP contribution in [0.3, 0.4) is 0 Å². The minimum Gasteiger partial charge on any atom is -0.353 e. The van der Waals surface area contributed by atoms with Crippen LogP contribution >= 0.6 is 0 Å². The van der Waals surface area contributed by atoms with Crippen LogP contribution in [0.4, 0.5) is 0 Å². The average molecular weight is 504 g/mol. The maximum Gasteiger partial charge on any atom is 0.220 e. The molecule has 0 aromatic carbocycles. The summed E-state index contributed by atoms with van der Waals surface area (Å²) < 4.78 is 0. The Morgan fingerprint density at radius 1 is 0.667 bits per heavy atom. The van der Waals surface area contributed by atoms with E-state index < -0.39 is 0 Å². The Balaban J connectivity index is 1.43. The van der Waals surface area contributed by atoms with E-state index in [0.29, 0.717) is 18.9 Å². The highest BCUT2D eigenvalue weighted by atomic mass is 16.2. The third-order valence-corrected chi connectivity index (χ3v) is 9.30. The molecule has 0 radical (unpaired) electrons. The summed E-state index contributed by atoms with van der Waals surface area (Å²) in [6.45, 7) is 6.12. The van der Waals surface area contributed by atoms with Gasteiger partial charge in [-0.2, -0.15) is 0 Å². The summed E-state index contributed by atoms with van der Waals surface area (Å²) in [5, 5.41) is 3.25. The van der Waals surface area contributed by atoms with E-state index in [2.05, 4.69) is 12.2 Å². The van der Waals surface area contributed by atoms with Crippen LogP contribution in [0.25, 0.3) is 0 Å². The van der Waals surface area contributed by atoms with Crippen LogP contribution in [0.15, 0.2) is 0 Å². The van der Waals surface area contributed by atoms with Crippen LogP contribution in [0, 0.1) is 23.7 Å². The van der Waals surface area contributed by atoms with Crippen molar-refractivity contribution in [2.24, 2.45) is 23.7 Å². The molecule has 1 amide bonds. The summed E-state index contributed by atoms with van der Waals surface area (Å²) in [4.78, 5) is 24.1. The Labute approximate surface area is 224 Å². The normalized spacial score (nSPS) is 24.0. The van der Waals surface area contributed by atoms with E-state index in [-0.39, 0.29) is 17.6 Å². The molecule has 3 nitrogen and oxygen atoms in total. The maximum absolute atomic E-state index is 12.3. The topological polar surface area (TPSA) is 46.2 Å². The molecule has 2 rings (SSSR count). The zero-order valence-corrected chi connectivity index (χ0v) is 24.5. The van der Waals surface area contributed by atoms with Gasteiger partial charge in [-0.05, 0) is 49.9 Å². The fraction of sp³-hybridized carbons (Fsp3) is 0.939. The zero-order valence-electron chi connectivity index (χ0n) is 24.5. The van der Waals surface area contributed by atoms with Crippen molar-refractivity contribution in [3.8, 4) is 0 Å². The van der Waals surface area contributed by atoms with E-state index in [1.807, 2.05) is 13.8 Å². The molecule has 0 aliphatic heterocycles. The molecule has 1 N–H and O–H groups in total. The van der Waals surface area contributed by atoms with Gasteiger partial charge < -0.3 is 5.32 Å². The van der Waals surface area contributed by atoms with Crippen molar-refractivity contribution in [2.45, 2.75) is 174 Å². The molecule has 0 spiro atoms. The zero-order chi connectivity index (χ0) is 26.0. The molecule has 0 aromatic heterocycles. The summed E-state index contributed by atoms with van der Waals surface area (Å²) >= 11 is 0. The van der Waals surface area contributed by atoms with Crippen LogP contribution in [-0.2, 0) is 9.59 Å². The molecule has 2 fully saturated rings. The number of fused-ring (bicyclic) bond motifs is 1. The number of ketones is 1. The molecule has 3 heteroatoms. The summed E-state index contributed by atoms with van der Waals surface area (Å²) in [6, 6.07) is 0.343. The van der Waals surface area contributed by atoms with Crippen molar-refractivity contribution in [3.63, 3.8) is 0 Å². The Kier molecular flexibility index (Phi) is 16.8. The van der Waals surface area contributed by atoms with Gasteiger partial charge in [0.25, 0.3) is 0 Å². The molecule has 2 saturated carbocycles. The Bertz CT molecular complexity index is 586. The number of hydrogen-bond acceptors (Lipinski definition) is 2. The van der Waals surface area contributed by atoms with Crippen molar-refractivity contribution in [1.82, 2.24) is 5.32 Å². The minimum atomic E-state index is 0.0351. The number of amides is 1. The lowest BCUT2D eigenvalue weighted by molar-refractivity contribution is -0.127. The predicted octanol–water partition coefficient (Wildman–Crippen LogP) is 9.56. The number of carbonyl (C=O) groups is 2. The van der Waals surface area contributed by atoms with Gasteiger partial charge in [-0.1, -0.05) is 124 Å². The summed E-state index contributed by atoms with van der Waals surface area (Å²) in [6.07, 6.45) is 30.2. The number of nitrogens with one attached hydrogen (secondary N) is 1. The van der Waals surface area contributed by atoms with Crippen LogP contribution in [0.1, 0.15) is 168 Å². The maximum atomic E-state index is 12.3. The number of unbranched alkanes of at least 4 members (excludes halogenated alkanes) is 13. The Hall–Kier alpha value is -0.860. The molecule has 4 atom stereocenters. The molecule has 0 heterocycles. The fourth-order valence-electron chi connectivity index (χ4n) is 6.83. The van der Waals surface area contributed by atoms with E-state index in [1.54, 1.807) is 0 Å². The van der Waals surface area contributed by atoms with Crippen molar-refractivity contribution >= 4 is 11.7 Å². The van der Waals surface area contributed by atoms with Gasteiger partial charge in [-0.25, -0.2) is 0 Å². The summed E-state index contributed by atoms with van der Waals surface area (Å²) in [5.74, 6) is 2.98. The van der Waals surface area contributed by atoms with Gasteiger partial charge in [0, 0.05) is 24.8 Å². The lowest BCUT2D eigenvalue weighted by atomic mass is 9.65. The van der Waals surface area contributed by atoms with Gasteiger partial charge >= 0.3 is 0 Å². The van der Waals surface area contributed by atoms with Crippen molar-refractivity contribution in [2.75, 3.05) is 0 Å². The summed E-state index contributed by atoms with van der Waals surface area (Å²) in [5.41, 5.74) is 0. The van der Waals surface area contributed by atoms with Gasteiger partial charge in [-0.3, -0.25) is 9.59 Å². The molecule has 2 aliphatic rings. The lowest BCUT2D eigenvalue weighted by Crippen LogP contribution is -2.42. The van der Waals surface area contributed by atoms with Gasteiger partial charge in [0.2, 0.25) is 5.91 Å². The highest BCUT2D eigenvalue weighted by Gasteiger charge is 2.35. The molecular formula is C33H61NO2. The van der Waals surface area contributed by atoms with E-state index in [0.717, 1.165) is 24.2 Å².